The standard InChI is InChI=1S/C20H30N2S/c1-15-7-9-18(10-8-15)23-20-16(2)5-4-6-19(20)21-17-11-13-22(3)14-12-17/h4,6-7,9-10,15-17,21H,5,8,11-14H2,1-3H3. The number of rotatable bonds is 4. The Morgan fingerprint density at radius 2 is 1.91 bits per heavy atom. The van der Waals surface area contributed by atoms with Crippen LogP contribution in [0.5, 0.6) is 0 Å². The molecule has 2 atom stereocenters. The highest BCUT2D eigenvalue weighted by atomic mass is 32.2. The van der Waals surface area contributed by atoms with E-state index < -0.39 is 0 Å². The van der Waals surface area contributed by atoms with Crippen LogP contribution >= 0.6 is 11.8 Å². The Morgan fingerprint density at radius 3 is 2.61 bits per heavy atom. The number of nitrogens with zero attached hydrogens (tertiary/aromatic N) is 1. The van der Waals surface area contributed by atoms with Crippen molar-refractivity contribution in [1.82, 2.24) is 10.2 Å². The lowest BCUT2D eigenvalue weighted by molar-refractivity contribution is 0.242. The summed E-state index contributed by atoms with van der Waals surface area (Å²) < 4.78 is 0. The largest absolute Gasteiger partial charge is 0.382 e. The van der Waals surface area contributed by atoms with E-state index in [0.717, 1.165) is 6.42 Å². The predicted octanol–water partition coefficient (Wildman–Crippen LogP) is 4.69. The highest BCUT2D eigenvalue weighted by Crippen LogP contribution is 2.39. The molecule has 2 aliphatic carbocycles. The summed E-state index contributed by atoms with van der Waals surface area (Å²) in [5.74, 6) is 1.31. The third-order valence-corrected chi connectivity index (χ3v) is 6.45. The molecule has 0 saturated carbocycles. The summed E-state index contributed by atoms with van der Waals surface area (Å²) >= 11 is 1.98. The second-order valence-corrected chi connectivity index (χ2v) is 8.43. The minimum atomic E-state index is 0.618. The zero-order valence-corrected chi connectivity index (χ0v) is 15.5. The van der Waals surface area contributed by atoms with Crippen molar-refractivity contribution >= 4 is 11.8 Å². The number of thioether (sulfide) groups is 1. The van der Waals surface area contributed by atoms with Crippen molar-refractivity contribution in [1.29, 1.82) is 0 Å². The number of likely N-dealkylation sites (tertiary alicyclic amines) is 1. The first kappa shape index (κ1) is 16.9. The molecule has 0 aromatic heterocycles. The first-order chi connectivity index (χ1) is 11.1. The van der Waals surface area contributed by atoms with Gasteiger partial charge in [0.25, 0.3) is 0 Å². The molecule has 3 aliphatic rings. The van der Waals surface area contributed by atoms with Gasteiger partial charge in [0.1, 0.15) is 0 Å². The fourth-order valence-corrected chi connectivity index (χ4v) is 4.52. The molecular formula is C20H30N2S. The molecule has 0 aromatic rings. The van der Waals surface area contributed by atoms with E-state index in [1.165, 1.54) is 47.9 Å². The van der Waals surface area contributed by atoms with Crippen molar-refractivity contribution in [2.75, 3.05) is 20.1 Å². The Balaban J connectivity index is 1.71. The smallest absolute Gasteiger partial charge is 0.0442 e. The minimum Gasteiger partial charge on any atom is -0.382 e. The lowest BCUT2D eigenvalue weighted by Crippen LogP contribution is -2.40. The van der Waals surface area contributed by atoms with Gasteiger partial charge in [0.15, 0.2) is 0 Å². The molecule has 1 aliphatic heterocycles. The molecule has 23 heavy (non-hydrogen) atoms. The van der Waals surface area contributed by atoms with Gasteiger partial charge < -0.3 is 10.2 Å². The highest BCUT2D eigenvalue weighted by molar-refractivity contribution is 8.06. The van der Waals surface area contributed by atoms with Gasteiger partial charge >= 0.3 is 0 Å². The summed E-state index contributed by atoms with van der Waals surface area (Å²) in [6.45, 7) is 7.06. The van der Waals surface area contributed by atoms with Crippen LogP contribution in [-0.4, -0.2) is 31.1 Å². The number of hydrogen-bond donors (Lipinski definition) is 1. The van der Waals surface area contributed by atoms with Gasteiger partial charge in [-0.1, -0.05) is 49.9 Å². The van der Waals surface area contributed by atoms with Gasteiger partial charge in [-0.05, 0) is 63.7 Å². The molecule has 2 unspecified atom stereocenters. The Kier molecular flexibility index (Phi) is 5.71. The number of hydrogen-bond acceptors (Lipinski definition) is 3. The molecule has 0 amide bonds. The molecule has 0 aromatic carbocycles. The topological polar surface area (TPSA) is 15.3 Å². The van der Waals surface area contributed by atoms with E-state index in [1.807, 2.05) is 11.8 Å². The zero-order chi connectivity index (χ0) is 16.2. The molecule has 0 bridgehead atoms. The maximum absolute atomic E-state index is 3.85. The van der Waals surface area contributed by atoms with Crippen molar-refractivity contribution in [3.05, 3.63) is 45.9 Å². The molecule has 0 radical (unpaired) electrons. The third kappa shape index (κ3) is 4.54. The molecule has 3 heteroatoms. The first-order valence-corrected chi connectivity index (χ1v) is 9.85. The van der Waals surface area contributed by atoms with E-state index in [1.54, 1.807) is 0 Å². The second-order valence-electron chi connectivity index (χ2n) is 7.32. The maximum Gasteiger partial charge on any atom is 0.0442 e. The summed E-state index contributed by atoms with van der Waals surface area (Å²) in [6.07, 6.45) is 16.5. The number of piperidine rings is 1. The molecular weight excluding hydrogens is 300 g/mol. The minimum absolute atomic E-state index is 0.618. The Bertz CT molecular complexity index is 536. The SMILES string of the molecule is CC1C=CC(SC2=C(NC3CCN(C)CC3)C=CCC2C)=CC1. The summed E-state index contributed by atoms with van der Waals surface area (Å²) in [6, 6.07) is 0.627. The van der Waals surface area contributed by atoms with Crippen LogP contribution in [0.3, 0.4) is 0 Å². The van der Waals surface area contributed by atoms with Gasteiger partial charge in [0, 0.05) is 21.5 Å². The summed E-state index contributed by atoms with van der Waals surface area (Å²) in [4.78, 5) is 5.38. The Labute approximate surface area is 145 Å². The summed E-state index contributed by atoms with van der Waals surface area (Å²) in [7, 11) is 2.22. The zero-order valence-electron chi connectivity index (χ0n) is 14.7. The van der Waals surface area contributed by atoms with Crippen LogP contribution in [0.15, 0.2) is 45.9 Å². The van der Waals surface area contributed by atoms with E-state index in [2.05, 4.69) is 61.5 Å². The lowest BCUT2D eigenvalue weighted by atomic mass is 9.99. The average molecular weight is 331 g/mol. The van der Waals surface area contributed by atoms with Crippen LogP contribution in [0.1, 0.15) is 39.5 Å². The Hall–Kier alpha value is -0.930. The number of allylic oxidation sites excluding steroid dienone is 6. The van der Waals surface area contributed by atoms with Gasteiger partial charge in [0.2, 0.25) is 0 Å². The fourth-order valence-electron chi connectivity index (χ4n) is 3.40. The van der Waals surface area contributed by atoms with E-state index in [4.69, 9.17) is 0 Å². The molecule has 0 spiro atoms. The van der Waals surface area contributed by atoms with Crippen molar-refractivity contribution in [3.8, 4) is 0 Å². The van der Waals surface area contributed by atoms with Crippen molar-refractivity contribution in [2.24, 2.45) is 11.8 Å². The van der Waals surface area contributed by atoms with Crippen LogP contribution in [0, 0.1) is 11.8 Å². The lowest BCUT2D eigenvalue weighted by Gasteiger charge is -2.32. The van der Waals surface area contributed by atoms with Crippen LogP contribution in [0.25, 0.3) is 0 Å². The Morgan fingerprint density at radius 1 is 1.13 bits per heavy atom. The van der Waals surface area contributed by atoms with Gasteiger partial charge in [-0.2, -0.15) is 0 Å². The molecule has 1 heterocycles. The number of nitrogens with one attached hydrogen (secondary N) is 1. The average Bonchev–Trinajstić information content (AvgIpc) is 2.55. The van der Waals surface area contributed by atoms with Crippen LogP contribution in [0.2, 0.25) is 0 Å². The van der Waals surface area contributed by atoms with E-state index >= 15 is 0 Å². The van der Waals surface area contributed by atoms with Crippen molar-refractivity contribution in [3.63, 3.8) is 0 Å². The quantitative estimate of drug-likeness (QED) is 0.805. The fraction of sp³-hybridized carbons (Fsp3) is 0.600. The molecule has 2 nitrogen and oxygen atoms in total. The third-order valence-electron chi connectivity index (χ3n) is 5.07. The predicted molar refractivity (Wildman–Crippen MR) is 102 cm³/mol. The van der Waals surface area contributed by atoms with E-state index in [-0.39, 0.29) is 0 Å². The van der Waals surface area contributed by atoms with Crippen LogP contribution in [0.4, 0.5) is 0 Å². The van der Waals surface area contributed by atoms with Gasteiger partial charge in [-0.25, -0.2) is 0 Å². The first-order valence-electron chi connectivity index (χ1n) is 9.04. The normalized spacial score (nSPS) is 29.8. The highest BCUT2D eigenvalue weighted by Gasteiger charge is 2.22. The van der Waals surface area contributed by atoms with Crippen LogP contribution in [-0.2, 0) is 0 Å². The second kappa shape index (κ2) is 7.76. The summed E-state index contributed by atoms with van der Waals surface area (Å²) in [5.41, 5.74) is 1.37. The maximum atomic E-state index is 3.85. The van der Waals surface area contributed by atoms with Gasteiger partial charge in [0.05, 0.1) is 0 Å². The summed E-state index contributed by atoms with van der Waals surface area (Å²) in [5, 5.41) is 3.85. The molecule has 1 saturated heterocycles. The monoisotopic (exact) mass is 330 g/mol. The van der Waals surface area contributed by atoms with Crippen molar-refractivity contribution in [2.45, 2.75) is 45.6 Å². The molecule has 3 rings (SSSR count). The molecule has 1 fully saturated rings. The molecule has 126 valence electrons. The van der Waals surface area contributed by atoms with Gasteiger partial charge in [-0.15, -0.1) is 0 Å². The van der Waals surface area contributed by atoms with E-state index in [9.17, 15) is 0 Å². The van der Waals surface area contributed by atoms with Crippen LogP contribution < -0.4 is 5.32 Å². The van der Waals surface area contributed by atoms with Gasteiger partial charge in [-0.3, -0.25) is 0 Å². The van der Waals surface area contributed by atoms with E-state index in [0.29, 0.717) is 17.9 Å². The molecule has 1 N–H and O–H groups in total. The van der Waals surface area contributed by atoms with Crippen molar-refractivity contribution < 1.29 is 0 Å².